The molecule has 2 saturated heterocycles. The Bertz CT molecular complexity index is 1310. The number of rotatable bonds is 10. The summed E-state index contributed by atoms with van der Waals surface area (Å²) >= 11 is 0. The smallest absolute Gasteiger partial charge is 0.253 e. The molecule has 236 valence electrons. The van der Waals surface area contributed by atoms with Crippen LogP contribution >= 0.6 is 0 Å². The summed E-state index contributed by atoms with van der Waals surface area (Å²) in [6.07, 6.45) is 7.49. The van der Waals surface area contributed by atoms with Gasteiger partial charge in [0.2, 0.25) is 17.7 Å². The fraction of sp³-hybridized carbons (Fsp3) is 0.543. The van der Waals surface area contributed by atoms with Crippen LogP contribution in [0.5, 0.6) is 5.75 Å². The molecule has 5 rings (SSSR count). The summed E-state index contributed by atoms with van der Waals surface area (Å²) in [6.45, 7) is 3.15. The number of piperidine rings is 2. The molecule has 44 heavy (non-hydrogen) atoms. The highest BCUT2D eigenvalue weighted by atomic mass is 16.5. The molecule has 2 aromatic carbocycles. The number of ether oxygens (including phenoxy) is 1. The van der Waals surface area contributed by atoms with Gasteiger partial charge in [0, 0.05) is 76.3 Å². The van der Waals surface area contributed by atoms with E-state index in [1.807, 2.05) is 57.2 Å². The third kappa shape index (κ3) is 7.60. The van der Waals surface area contributed by atoms with Gasteiger partial charge in [-0.15, -0.1) is 0 Å². The standard InChI is InChI=1S/C35H46N4O5/c1-36(2)34(42)28-17-21-37(22-18-28)32(40)10-4-3-7-25-44-30-14-11-27(12-15-30)35(43)38-23-19-29(20-24-38)39-31-9-6-5-8-26(31)13-16-33(39)41/h5-6,8-9,11-12,14-15,28-29H,3-4,7,10,13,16-25H2,1-2H3. The Kier molecular flexibility index (Phi) is 10.6. The number of likely N-dealkylation sites (tertiary alicyclic amines) is 2. The van der Waals surface area contributed by atoms with E-state index in [4.69, 9.17) is 4.74 Å². The first kappa shape index (κ1) is 31.5. The van der Waals surface area contributed by atoms with E-state index in [1.165, 1.54) is 5.56 Å². The summed E-state index contributed by atoms with van der Waals surface area (Å²) in [6, 6.07) is 15.6. The van der Waals surface area contributed by atoms with Crippen LogP contribution in [0.25, 0.3) is 0 Å². The van der Waals surface area contributed by atoms with Gasteiger partial charge in [-0.25, -0.2) is 0 Å². The molecule has 0 radical (unpaired) electrons. The van der Waals surface area contributed by atoms with Gasteiger partial charge in [-0.1, -0.05) is 18.2 Å². The molecule has 0 atom stereocenters. The lowest BCUT2D eigenvalue weighted by Gasteiger charge is -2.41. The molecule has 0 bridgehead atoms. The van der Waals surface area contributed by atoms with Gasteiger partial charge < -0.3 is 24.3 Å². The van der Waals surface area contributed by atoms with Crippen LogP contribution in [-0.2, 0) is 20.8 Å². The van der Waals surface area contributed by atoms with Crippen molar-refractivity contribution in [3.63, 3.8) is 0 Å². The maximum absolute atomic E-state index is 13.2. The van der Waals surface area contributed by atoms with Crippen molar-refractivity contribution in [2.75, 3.05) is 51.8 Å². The minimum atomic E-state index is 0.0126. The van der Waals surface area contributed by atoms with E-state index in [0.29, 0.717) is 51.2 Å². The zero-order valence-electron chi connectivity index (χ0n) is 26.2. The molecule has 0 N–H and O–H groups in total. The Hall–Kier alpha value is -3.88. The van der Waals surface area contributed by atoms with Gasteiger partial charge in [-0.3, -0.25) is 19.2 Å². The van der Waals surface area contributed by atoms with Crippen LogP contribution in [0.4, 0.5) is 5.69 Å². The summed E-state index contributed by atoms with van der Waals surface area (Å²) in [5, 5.41) is 0. The van der Waals surface area contributed by atoms with Crippen LogP contribution in [0.3, 0.4) is 0 Å². The highest BCUT2D eigenvalue weighted by Crippen LogP contribution is 2.32. The number of benzene rings is 2. The molecule has 0 spiro atoms. The van der Waals surface area contributed by atoms with Crippen LogP contribution < -0.4 is 9.64 Å². The van der Waals surface area contributed by atoms with Gasteiger partial charge in [0.1, 0.15) is 5.75 Å². The van der Waals surface area contributed by atoms with Crippen molar-refractivity contribution in [1.29, 1.82) is 0 Å². The summed E-state index contributed by atoms with van der Waals surface area (Å²) in [5.74, 6) is 1.30. The van der Waals surface area contributed by atoms with E-state index in [1.54, 1.807) is 19.0 Å². The van der Waals surface area contributed by atoms with E-state index in [-0.39, 0.29) is 35.6 Å². The lowest BCUT2D eigenvalue weighted by molar-refractivity contribution is -0.139. The number of carbonyl (C=O) groups is 4. The Morgan fingerprint density at radius 2 is 1.50 bits per heavy atom. The number of fused-ring (bicyclic) bond motifs is 1. The second-order valence-electron chi connectivity index (χ2n) is 12.5. The van der Waals surface area contributed by atoms with Crippen LogP contribution in [0.1, 0.15) is 73.7 Å². The van der Waals surface area contributed by atoms with E-state index in [0.717, 1.165) is 62.8 Å². The predicted molar refractivity (Wildman–Crippen MR) is 170 cm³/mol. The summed E-state index contributed by atoms with van der Waals surface area (Å²) in [4.78, 5) is 58.1. The number of para-hydroxylation sites is 1. The lowest BCUT2D eigenvalue weighted by Crippen LogP contribution is -2.50. The van der Waals surface area contributed by atoms with Crippen molar-refractivity contribution >= 4 is 29.3 Å². The number of nitrogens with zero attached hydrogens (tertiary/aromatic N) is 4. The second-order valence-corrected chi connectivity index (χ2v) is 12.5. The molecular weight excluding hydrogens is 556 g/mol. The Balaban J connectivity index is 0.979. The molecule has 3 aliphatic rings. The average Bonchev–Trinajstić information content (AvgIpc) is 3.06. The van der Waals surface area contributed by atoms with E-state index in [2.05, 4.69) is 6.07 Å². The maximum atomic E-state index is 13.2. The van der Waals surface area contributed by atoms with E-state index < -0.39 is 0 Å². The van der Waals surface area contributed by atoms with Gasteiger partial charge in [0.25, 0.3) is 5.91 Å². The first-order valence-electron chi connectivity index (χ1n) is 16.2. The monoisotopic (exact) mass is 602 g/mol. The molecule has 2 aromatic rings. The van der Waals surface area contributed by atoms with Crippen molar-refractivity contribution < 1.29 is 23.9 Å². The maximum Gasteiger partial charge on any atom is 0.253 e. The number of anilines is 1. The molecule has 9 heteroatoms. The van der Waals surface area contributed by atoms with Gasteiger partial charge in [0.15, 0.2) is 0 Å². The van der Waals surface area contributed by atoms with Gasteiger partial charge in [-0.2, -0.15) is 0 Å². The fourth-order valence-electron chi connectivity index (χ4n) is 6.70. The molecule has 3 aliphatic heterocycles. The lowest BCUT2D eigenvalue weighted by atomic mass is 9.95. The first-order chi connectivity index (χ1) is 21.3. The van der Waals surface area contributed by atoms with Crippen molar-refractivity contribution in [2.45, 2.75) is 70.3 Å². The summed E-state index contributed by atoms with van der Waals surface area (Å²) in [7, 11) is 3.57. The molecule has 9 nitrogen and oxygen atoms in total. The SMILES string of the molecule is CN(C)C(=O)C1CCN(C(=O)CCCCCOc2ccc(C(=O)N3CCC(N4C(=O)CCc5ccccc54)CC3)cc2)CC1. The predicted octanol–water partition coefficient (Wildman–Crippen LogP) is 4.54. The quantitative estimate of drug-likeness (QED) is 0.373. The minimum absolute atomic E-state index is 0.0126. The topological polar surface area (TPSA) is 90.5 Å². The van der Waals surface area contributed by atoms with Crippen molar-refractivity contribution in [2.24, 2.45) is 5.92 Å². The number of aryl methyl sites for hydroxylation is 1. The fourth-order valence-corrected chi connectivity index (χ4v) is 6.70. The molecule has 0 aromatic heterocycles. The summed E-state index contributed by atoms with van der Waals surface area (Å²) in [5.41, 5.74) is 2.90. The van der Waals surface area contributed by atoms with E-state index in [9.17, 15) is 19.2 Å². The minimum Gasteiger partial charge on any atom is -0.494 e. The van der Waals surface area contributed by atoms with Crippen LogP contribution in [-0.4, -0.2) is 91.3 Å². The molecule has 3 heterocycles. The van der Waals surface area contributed by atoms with Crippen LogP contribution in [0.15, 0.2) is 48.5 Å². The Morgan fingerprint density at radius 3 is 2.20 bits per heavy atom. The Labute approximate surface area is 261 Å². The number of carbonyl (C=O) groups excluding carboxylic acids is 4. The van der Waals surface area contributed by atoms with Crippen molar-refractivity contribution in [1.82, 2.24) is 14.7 Å². The van der Waals surface area contributed by atoms with E-state index >= 15 is 0 Å². The highest BCUT2D eigenvalue weighted by molar-refractivity contribution is 5.97. The second kappa shape index (κ2) is 14.7. The molecule has 0 unspecified atom stereocenters. The third-order valence-electron chi connectivity index (χ3n) is 9.29. The number of hydrogen-bond acceptors (Lipinski definition) is 5. The van der Waals surface area contributed by atoms with Crippen LogP contribution in [0.2, 0.25) is 0 Å². The highest BCUT2D eigenvalue weighted by Gasteiger charge is 2.34. The average molecular weight is 603 g/mol. The molecule has 2 fully saturated rings. The number of unbranched alkanes of at least 4 members (excludes halogenated alkanes) is 2. The van der Waals surface area contributed by atoms with Gasteiger partial charge >= 0.3 is 0 Å². The van der Waals surface area contributed by atoms with Crippen LogP contribution in [0, 0.1) is 5.92 Å². The number of hydrogen-bond donors (Lipinski definition) is 0. The third-order valence-corrected chi connectivity index (χ3v) is 9.29. The zero-order chi connectivity index (χ0) is 31.1. The summed E-state index contributed by atoms with van der Waals surface area (Å²) < 4.78 is 5.89. The van der Waals surface area contributed by atoms with Crippen molar-refractivity contribution in [3.8, 4) is 5.75 Å². The largest absolute Gasteiger partial charge is 0.494 e. The molecule has 0 aliphatic carbocycles. The molecular formula is C35H46N4O5. The van der Waals surface area contributed by atoms with Gasteiger partial charge in [-0.05, 0) is 87.3 Å². The molecule has 4 amide bonds. The molecule has 0 saturated carbocycles. The normalized spacial score (nSPS) is 17.8. The van der Waals surface area contributed by atoms with Crippen molar-refractivity contribution in [3.05, 3.63) is 59.7 Å². The van der Waals surface area contributed by atoms with Gasteiger partial charge in [0.05, 0.1) is 6.61 Å². The number of amides is 4. The Morgan fingerprint density at radius 1 is 0.818 bits per heavy atom. The first-order valence-corrected chi connectivity index (χ1v) is 16.2. The zero-order valence-corrected chi connectivity index (χ0v) is 26.2.